The molecule has 0 aliphatic rings. The molecule has 21 heavy (non-hydrogen) atoms. The highest BCUT2D eigenvalue weighted by atomic mass is 32.1. The average Bonchev–Trinajstić information content (AvgIpc) is 3.14. The Labute approximate surface area is 127 Å². The number of aryl methyl sites for hydroxylation is 1. The molecular weight excluding hydrogens is 282 g/mol. The van der Waals surface area contributed by atoms with Crippen molar-refractivity contribution in [1.29, 1.82) is 0 Å². The fourth-order valence-corrected chi connectivity index (χ4v) is 3.48. The minimum atomic E-state index is -0.229. The van der Waals surface area contributed by atoms with Gasteiger partial charge in [0.1, 0.15) is 0 Å². The molecule has 2 aromatic heterocycles. The number of thiophene rings is 1. The van der Waals surface area contributed by atoms with Gasteiger partial charge in [0.15, 0.2) is 0 Å². The number of benzene rings is 1. The van der Waals surface area contributed by atoms with E-state index in [2.05, 4.69) is 47.4 Å². The van der Waals surface area contributed by atoms with Crippen LogP contribution in [0.3, 0.4) is 0 Å². The van der Waals surface area contributed by atoms with E-state index >= 15 is 0 Å². The first-order valence-corrected chi connectivity index (χ1v) is 7.76. The summed E-state index contributed by atoms with van der Waals surface area (Å²) in [7, 11) is 0. The Kier molecular flexibility index (Phi) is 3.77. The number of rotatable bonds is 4. The number of nitrogen functional groups attached to an aromatic ring is 1. The van der Waals surface area contributed by atoms with Gasteiger partial charge in [-0.1, -0.05) is 25.1 Å². The summed E-state index contributed by atoms with van der Waals surface area (Å²) in [6.07, 6.45) is 3.06. The predicted molar refractivity (Wildman–Crippen MR) is 86.4 cm³/mol. The maximum absolute atomic E-state index is 11.8. The second-order valence-corrected chi connectivity index (χ2v) is 5.82. The number of hydrogen-bond donors (Lipinski definition) is 2. The molecule has 3 aromatic rings. The summed E-state index contributed by atoms with van der Waals surface area (Å²) in [6.45, 7) is 2.83. The van der Waals surface area contributed by atoms with Gasteiger partial charge in [0.2, 0.25) is 0 Å². The largest absolute Gasteiger partial charge is 0.343 e. The van der Waals surface area contributed by atoms with Gasteiger partial charge >= 0.3 is 0 Å². The van der Waals surface area contributed by atoms with Crippen LogP contribution in [0.15, 0.2) is 41.9 Å². The van der Waals surface area contributed by atoms with Gasteiger partial charge in [-0.3, -0.25) is 10.2 Å². The zero-order chi connectivity index (χ0) is 14.8. The highest BCUT2D eigenvalue weighted by Gasteiger charge is 2.13. The number of nitrogens with one attached hydrogen (secondary N) is 1. The Bertz CT molecular complexity index is 788. The third-order valence-electron chi connectivity index (χ3n) is 3.68. The Balaban J connectivity index is 2.03. The molecule has 1 amide bonds. The van der Waals surface area contributed by atoms with Crippen LogP contribution in [0.2, 0.25) is 0 Å². The fourth-order valence-electron chi connectivity index (χ4n) is 2.67. The number of nitrogens with zero attached hydrogens (tertiary/aromatic N) is 1. The van der Waals surface area contributed by atoms with Crippen LogP contribution in [0.1, 0.15) is 27.7 Å². The summed E-state index contributed by atoms with van der Waals surface area (Å²) in [5, 5.41) is 3.15. The highest BCUT2D eigenvalue weighted by Crippen LogP contribution is 2.24. The molecule has 3 N–H and O–H groups in total. The monoisotopic (exact) mass is 299 g/mol. The van der Waals surface area contributed by atoms with Crippen LogP contribution in [0.5, 0.6) is 0 Å². The molecule has 0 spiro atoms. The first-order chi connectivity index (χ1) is 10.2. The van der Waals surface area contributed by atoms with Crippen molar-refractivity contribution in [2.45, 2.75) is 19.9 Å². The van der Waals surface area contributed by atoms with Gasteiger partial charge in [-0.25, -0.2) is 5.84 Å². The van der Waals surface area contributed by atoms with Crippen LogP contribution in [-0.2, 0) is 13.0 Å². The molecule has 1 aromatic carbocycles. The molecule has 3 rings (SSSR count). The van der Waals surface area contributed by atoms with Gasteiger partial charge in [0.05, 0.1) is 10.4 Å². The standard InChI is InChI=1S/C16H17N3OS/c1-2-11-4-3-5-12-6-8-19(14(11)12)10-13-7-9-21-15(13)16(20)18-17/h3-9H,2,10,17H2,1H3,(H,18,20). The van der Waals surface area contributed by atoms with E-state index < -0.39 is 0 Å². The van der Waals surface area contributed by atoms with Crippen molar-refractivity contribution in [3.05, 3.63) is 57.9 Å². The maximum Gasteiger partial charge on any atom is 0.275 e. The number of aromatic nitrogens is 1. The number of carbonyl (C=O) groups is 1. The van der Waals surface area contributed by atoms with Crippen molar-refractivity contribution in [2.75, 3.05) is 0 Å². The molecule has 0 saturated heterocycles. The summed E-state index contributed by atoms with van der Waals surface area (Å²) in [6, 6.07) is 10.5. The zero-order valence-corrected chi connectivity index (χ0v) is 12.6. The van der Waals surface area contributed by atoms with Crippen molar-refractivity contribution in [2.24, 2.45) is 5.84 Å². The Morgan fingerprint density at radius 1 is 1.29 bits per heavy atom. The van der Waals surface area contributed by atoms with Crippen LogP contribution in [-0.4, -0.2) is 10.5 Å². The zero-order valence-electron chi connectivity index (χ0n) is 11.8. The molecule has 5 heteroatoms. The Morgan fingerprint density at radius 2 is 2.14 bits per heavy atom. The SMILES string of the molecule is CCc1cccc2ccn(Cc3ccsc3C(=O)NN)c12. The van der Waals surface area contributed by atoms with Crippen LogP contribution < -0.4 is 11.3 Å². The smallest absolute Gasteiger partial charge is 0.275 e. The molecule has 0 bridgehead atoms. The van der Waals surface area contributed by atoms with E-state index in [-0.39, 0.29) is 5.91 Å². The number of hydrogen-bond acceptors (Lipinski definition) is 3. The number of hydrazine groups is 1. The van der Waals surface area contributed by atoms with Gasteiger partial charge < -0.3 is 4.57 Å². The molecule has 4 nitrogen and oxygen atoms in total. The number of carbonyl (C=O) groups excluding carboxylic acids is 1. The normalized spacial score (nSPS) is 11.0. The molecular formula is C16H17N3OS. The number of nitrogens with two attached hydrogens (primary N) is 1. The lowest BCUT2D eigenvalue weighted by Gasteiger charge is -2.09. The molecule has 108 valence electrons. The fraction of sp³-hybridized carbons (Fsp3) is 0.188. The van der Waals surface area contributed by atoms with Gasteiger partial charge in [-0.2, -0.15) is 0 Å². The second kappa shape index (κ2) is 5.71. The third-order valence-corrected chi connectivity index (χ3v) is 4.63. The first kappa shape index (κ1) is 13.9. The summed E-state index contributed by atoms with van der Waals surface area (Å²) in [4.78, 5) is 12.4. The number of para-hydroxylation sites is 1. The third kappa shape index (κ3) is 2.46. The van der Waals surface area contributed by atoms with E-state index in [4.69, 9.17) is 5.84 Å². The van der Waals surface area contributed by atoms with E-state index in [1.165, 1.54) is 27.8 Å². The van der Waals surface area contributed by atoms with Crippen molar-refractivity contribution in [3.8, 4) is 0 Å². The van der Waals surface area contributed by atoms with E-state index in [0.717, 1.165) is 12.0 Å². The summed E-state index contributed by atoms with van der Waals surface area (Å²) >= 11 is 1.41. The quantitative estimate of drug-likeness (QED) is 0.442. The number of fused-ring (bicyclic) bond motifs is 1. The molecule has 0 aliphatic heterocycles. The molecule has 0 saturated carbocycles. The van der Waals surface area contributed by atoms with Crippen molar-refractivity contribution < 1.29 is 4.79 Å². The lowest BCUT2D eigenvalue weighted by Crippen LogP contribution is -2.30. The highest BCUT2D eigenvalue weighted by molar-refractivity contribution is 7.12. The summed E-state index contributed by atoms with van der Waals surface area (Å²) < 4.78 is 2.20. The molecule has 0 aliphatic carbocycles. The predicted octanol–water partition coefficient (Wildman–Crippen LogP) is 2.92. The first-order valence-electron chi connectivity index (χ1n) is 6.88. The van der Waals surface area contributed by atoms with E-state index in [1.807, 2.05) is 11.4 Å². The van der Waals surface area contributed by atoms with Gasteiger partial charge in [-0.15, -0.1) is 11.3 Å². The van der Waals surface area contributed by atoms with Gasteiger partial charge in [0, 0.05) is 12.7 Å². The van der Waals surface area contributed by atoms with Crippen molar-refractivity contribution in [1.82, 2.24) is 9.99 Å². The molecule has 0 atom stereocenters. The summed E-state index contributed by atoms with van der Waals surface area (Å²) in [5.41, 5.74) is 5.76. The van der Waals surface area contributed by atoms with Gasteiger partial charge in [-0.05, 0) is 40.4 Å². The van der Waals surface area contributed by atoms with E-state index in [9.17, 15) is 4.79 Å². The molecule has 0 radical (unpaired) electrons. The van der Waals surface area contributed by atoms with Crippen LogP contribution in [0.4, 0.5) is 0 Å². The van der Waals surface area contributed by atoms with Gasteiger partial charge in [0.25, 0.3) is 5.91 Å². The molecule has 2 heterocycles. The number of amides is 1. The minimum absolute atomic E-state index is 0.229. The van der Waals surface area contributed by atoms with E-state index in [1.54, 1.807) is 0 Å². The summed E-state index contributed by atoms with van der Waals surface area (Å²) in [5.74, 6) is 5.01. The molecule has 0 fully saturated rings. The average molecular weight is 299 g/mol. The maximum atomic E-state index is 11.8. The van der Waals surface area contributed by atoms with E-state index in [0.29, 0.717) is 11.4 Å². The Morgan fingerprint density at radius 3 is 2.90 bits per heavy atom. The van der Waals surface area contributed by atoms with Crippen LogP contribution in [0.25, 0.3) is 10.9 Å². The van der Waals surface area contributed by atoms with Crippen molar-refractivity contribution >= 4 is 28.1 Å². The minimum Gasteiger partial charge on any atom is -0.343 e. The second-order valence-electron chi connectivity index (χ2n) is 4.90. The van der Waals surface area contributed by atoms with Crippen molar-refractivity contribution in [3.63, 3.8) is 0 Å². The van der Waals surface area contributed by atoms with Crippen LogP contribution in [0, 0.1) is 0 Å². The topological polar surface area (TPSA) is 60.0 Å². The Hall–Kier alpha value is -2.11. The lowest BCUT2D eigenvalue weighted by molar-refractivity contribution is 0.0957. The van der Waals surface area contributed by atoms with Crippen LogP contribution >= 0.6 is 11.3 Å². The molecule has 0 unspecified atom stereocenters. The lowest BCUT2D eigenvalue weighted by atomic mass is 10.1.